The van der Waals surface area contributed by atoms with Gasteiger partial charge < -0.3 is 14.2 Å². The minimum Gasteiger partial charge on any atom is -0.461 e. The molecule has 1 fully saturated rings. The van der Waals surface area contributed by atoms with E-state index in [4.69, 9.17) is 14.2 Å². The number of β-lactam (4-membered cyclic amide) rings is 1. The molecule has 2 heterocycles. The van der Waals surface area contributed by atoms with Crippen molar-refractivity contribution < 1.29 is 28.6 Å². The fraction of sp³-hybridized carbons (Fsp3) is 0.562. The lowest BCUT2D eigenvalue weighted by Gasteiger charge is -2.49. The molecular weight excluding hydrogens is 334 g/mol. The molecule has 1 unspecified atom stereocenters. The van der Waals surface area contributed by atoms with Crippen LogP contribution < -0.4 is 0 Å². The Balaban J connectivity index is 2.42. The summed E-state index contributed by atoms with van der Waals surface area (Å²) in [5.74, 6) is -1.47. The number of fused-ring (bicyclic) bond motifs is 1. The molecule has 2 aliphatic rings. The fourth-order valence-electron chi connectivity index (χ4n) is 2.37. The van der Waals surface area contributed by atoms with E-state index in [0.717, 1.165) is 0 Å². The van der Waals surface area contributed by atoms with Crippen LogP contribution in [-0.4, -0.2) is 53.5 Å². The van der Waals surface area contributed by atoms with Gasteiger partial charge in [0.25, 0.3) is 5.91 Å². The van der Waals surface area contributed by atoms with Gasteiger partial charge in [-0.15, -0.1) is 0 Å². The van der Waals surface area contributed by atoms with E-state index < -0.39 is 23.6 Å². The van der Waals surface area contributed by atoms with E-state index in [1.807, 2.05) is 0 Å². The number of ether oxygens (including phenoxy) is 3. The molecule has 0 saturated carbocycles. The molecule has 0 N–H and O–H groups in total. The lowest BCUT2D eigenvalue weighted by molar-refractivity contribution is -0.166. The first-order valence-corrected chi connectivity index (χ1v) is 8.26. The van der Waals surface area contributed by atoms with Gasteiger partial charge in [-0.1, -0.05) is 18.3 Å². The number of rotatable bonds is 4. The third-order valence-corrected chi connectivity index (χ3v) is 4.62. The quantitative estimate of drug-likeness (QED) is 0.559. The zero-order valence-corrected chi connectivity index (χ0v) is 15.2. The molecule has 7 nitrogen and oxygen atoms in total. The molecule has 2 atom stereocenters. The molecular formula is C16H21NO6S. The number of hydrogen-bond donors (Lipinski definition) is 0. The normalized spacial score (nSPS) is 23.6. The van der Waals surface area contributed by atoms with Crippen molar-refractivity contribution in [1.82, 2.24) is 4.90 Å². The highest BCUT2D eigenvalue weighted by Crippen LogP contribution is 2.47. The van der Waals surface area contributed by atoms with Crippen LogP contribution in [-0.2, 0) is 28.6 Å². The van der Waals surface area contributed by atoms with Crippen molar-refractivity contribution >= 4 is 29.6 Å². The summed E-state index contributed by atoms with van der Waals surface area (Å²) >= 11 is 1.30. The van der Waals surface area contributed by atoms with Crippen LogP contribution in [0.25, 0.3) is 0 Å². The number of hydrogen-bond acceptors (Lipinski definition) is 7. The minimum absolute atomic E-state index is 0.0678. The van der Waals surface area contributed by atoms with Gasteiger partial charge in [0.1, 0.15) is 23.3 Å². The van der Waals surface area contributed by atoms with Crippen LogP contribution in [0.5, 0.6) is 0 Å². The monoisotopic (exact) mass is 355 g/mol. The summed E-state index contributed by atoms with van der Waals surface area (Å²) in [4.78, 5) is 38.0. The lowest BCUT2D eigenvalue weighted by atomic mass is 10.0. The van der Waals surface area contributed by atoms with E-state index >= 15 is 0 Å². The maximum Gasteiger partial charge on any atom is 0.356 e. The number of esters is 2. The highest BCUT2D eigenvalue weighted by molar-refractivity contribution is 8.04. The highest BCUT2D eigenvalue weighted by atomic mass is 32.2. The van der Waals surface area contributed by atoms with Crippen molar-refractivity contribution in [3.63, 3.8) is 0 Å². The van der Waals surface area contributed by atoms with E-state index in [-0.39, 0.29) is 23.6 Å². The predicted octanol–water partition coefficient (Wildman–Crippen LogP) is 1.59. The summed E-state index contributed by atoms with van der Waals surface area (Å²) in [5.41, 5.74) is -0.283. The fourth-order valence-corrected chi connectivity index (χ4v) is 3.63. The molecule has 0 aromatic rings. The summed E-state index contributed by atoms with van der Waals surface area (Å²) in [6.07, 6.45) is -0.639. The number of nitrogens with zero attached hydrogens (tertiary/aromatic N) is 1. The van der Waals surface area contributed by atoms with E-state index in [0.29, 0.717) is 10.5 Å². The molecule has 0 bridgehead atoms. The molecule has 2 rings (SSSR count). The Morgan fingerprint density at radius 1 is 1.33 bits per heavy atom. The first-order valence-electron chi connectivity index (χ1n) is 7.38. The Bertz CT molecular complexity index is 633. The van der Waals surface area contributed by atoms with Crippen molar-refractivity contribution in [3.05, 3.63) is 22.8 Å². The number of carbonyl (C=O) groups excluding carboxylic acids is 3. The molecule has 0 radical (unpaired) electrons. The smallest absolute Gasteiger partial charge is 0.356 e. The number of thioether (sulfide) groups is 1. The third kappa shape index (κ3) is 3.49. The predicted molar refractivity (Wildman–Crippen MR) is 87.7 cm³/mol. The molecule has 0 aliphatic carbocycles. The summed E-state index contributed by atoms with van der Waals surface area (Å²) in [7, 11) is 1.44. The van der Waals surface area contributed by atoms with Gasteiger partial charge in [0.15, 0.2) is 6.10 Å². The average molecular weight is 355 g/mol. The highest BCUT2D eigenvalue weighted by Gasteiger charge is 2.55. The summed E-state index contributed by atoms with van der Waals surface area (Å²) in [5, 5.41) is -0.376. The topological polar surface area (TPSA) is 82.1 Å². The van der Waals surface area contributed by atoms with E-state index in [9.17, 15) is 14.4 Å². The second-order valence-corrected chi connectivity index (χ2v) is 7.62. The van der Waals surface area contributed by atoms with Gasteiger partial charge in [-0.25, -0.2) is 4.79 Å². The van der Waals surface area contributed by atoms with Crippen LogP contribution in [0.3, 0.4) is 0 Å². The molecule has 132 valence electrons. The maximum absolute atomic E-state index is 12.6. The number of methoxy groups -OCH3 is 1. The largest absolute Gasteiger partial charge is 0.461 e. The zero-order chi connectivity index (χ0) is 18.2. The first-order chi connectivity index (χ1) is 11.1. The summed E-state index contributed by atoms with van der Waals surface area (Å²) < 4.78 is 15.6. The van der Waals surface area contributed by atoms with Crippen molar-refractivity contribution in [2.24, 2.45) is 0 Å². The van der Waals surface area contributed by atoms with E-state index in [1.54, 1.807) is 20.8 Å². The Morgan fingerprint density at radius 3 is 2.46 bits per heavy atom. The van der Waals surface area contributed by atoms with Crippen molar-refractivity contribution in [2.75, 3.05) is 13.7 Å². The van der Waals surface area contributed by atoms with Gasteiger partial charge in [0.05, 0.1) is 0 Å². The average Bonchev–Trinajstić information content (AvgIpc) is 2.43. The molecule has 0 aromatic carbocycles. The zero-order valence-electron chi connectivity index (χ0n) is 14.4. The molecule has 1 saturated heterocycles. The van der Waals surface area contributed by atoms with Gasteiger partial charge in [-0.2, -0.15) is 0 Å². The van der Waals surface area contributed by atoms with Crippen LogP contribution in [0.4, 0.5) is 0 Å². The Kier molecular flexibility index (Phi) is 5.10. The second-order valence-electron chi connectivity index (χ2n) is 6.41. The first kappa shape index (κ1) is 18.5. The van der Waals surface area contributed by atoms with Crippen molar-refractivity contribution in [3.8, 4) is 0 Å². The Hall–Kier alpha value is -1.80. The van der Waals surface area contributed by atoms with Crippen molar-refractivity contribution in [1.29, 1.82) is 0 Å². The van der Waals surface area contributed by atoms with Gasteiger partial charge in [-0.3, -0.25) is 14.5 Å². The summed E-state index contributed by atoms with van der Waals surface area (Å²) in [6.45, 7) is 10.2. The summed E-state index contributed by atoms with van der Waals surface area (Å²) in [6, 6.07) is 0. The van der Waals surface area contributed by atoms with Crippen LogP contribution in [0.1, 0.15) is 27.7 Å². The molecule has 1 amide bonds. The molecule has 0 aromatic heterocycles. The third-order valence-electron chi connectivity index (χ3n) is 3.39. The lowest BCUT2D eigenvalue weighted by Crippen LogP contribution is -2.65. The minimum atomic E-state index is -0.730. The SMILES string of the molecule is C=C1SC2[C@H](OC)C(=O)N2C(C(=O)OC(C)(C)C)=C1COC(C)=O. The number of carbonyl (C=O) groups is 3. The van der Waals surface area contributed by atoms with Crippen LogP contribution >= 0.6 is 11.8 Å². The molecule has 24 heavy (non-hydrogen) atoms. The number of amides is 1. The Labute approximate surface area is 145 Å². The molecule has 0 spiro atoms. The van der Waals surface area contributed by atoms with Crippen molar-refractivity contribution in [2.45, 2.75) is 44.8 Å². The maximum atomic E-state index is 12.6. The second kappa shape index (κ2) is 6.60. The van der Waals surface area contributed by atoms with Crippen LogP contribution in [0, 0.1) is 0 Å². The van der Waals surface area contributed by atoms with Gasteiger partial charge in [0, 0.05) is 24.5 Å². The standard InChI is InChI=1S/C16H21NO6S/c1-8-10(7-22-9(2)18)11(15(20)23-16(3,4)5)17-13(19)12(21-6)14(17)24-8/h12,14H,1,7H2,2-6H3/t12-,14?/m1/s1. The van der Waals surface area contributed by atoms with Gasteiger partial charge in [0.2, 0.25) is 0 Å². The Morgan fingerprint density at radius 2 is 1.96 bits per heavy atom. The van der Waals surface area contributed by atoms with Crippen LogP contribution in [0.15, 0.2) is 22.8 Å². The van der Waals surface area contributed by atoms with Crippen LogP contribution in [0.2, 0.25) is 0 Å². The molecule has 2 aliphatic heterocycles. The van der Waals surface area contributed by atoms with E-state index in [2.05, 4.69) is 6.58 Å². The van der Waals surface area contributed by atoms with Gasteiger partial charge >= 0.3 is 11.9 Å². The van der Waals surface area contributed by atoms with E-state index in [1.165, 1.54) is 30.7 Å². The van der Waals surface area contributed by atoms with Gasteiger partial charge in [-0.05, 0) is 20.8 Å². The molecule has 8 heteroatoms.